The number of thioether (sulfide) groups is 1. The normalized spacial score (nSPS) is 10.5. The van der Waals surface area contributed by atoms with Crippen molar-refractivity contribution in [3.05, 3.63) is 66.1 Å². The number of nitrogens with zero attached hydrogens (tertiary/aromatic N) is 2. The van der Waals surface area contributed by atoms with Gasteiger partial charge in [-0.05, 0) is 36.8 Å². The summed E-state index contributed by atoms with van der Waals surface area (Å²) >= 11 is 1.59. The van der Waals surface area contributed by atoms with Gasteiger partial charge in [-0.2, -0.15) is 0 Å². The van der Waals surface area contributed by atoms with Gasteiger partial charge in [0.2, 0.25) is 11.8 Å². The molecular weight excluding hydrogens is 350 g/mol. The quantitative estimate of drug-likeness (QED) is 0.606. The van der Waals surface area contributed by atoms with Gasteiger partial charge < -0.3 is 9.15 Å². The van der Waals surface area contributed by atoms with Crippen molar-refractivity contribution in [2.75, 3.05) is 11.9 Å². The van der Waals surface area contributed by atoms with E-state index in [0.29, 0.717) is 18.3 Å². The van der Waals surface area contributed by atoms with Crippen molar-refractivity contribution >= 4 is 23.7 Å². The lowest BCUT2D eigenvalue weighted by atomic mass is 10.1. The average Bonchev–Trinajstić information content (AvgIpc) is 3.10. The van der Waals surface area contributed by atoms with E-state index in [1.165, 1.54) is 0 Å². The maximum Gasteiger partial charge on any atom is 0.322 e. The van der Waals surface area contributed by atoms with E-state index in [9.17, 15) is 4.79 Å². The summed E-state index contributed by atoms with van der Waals surface area (Å²) in [4.78, 5) is 13.2. The van der Waals surface area contributed by atoms with Crippen LogP contribution in [0.3, 0.4) is 0 Å². The first-order valence-corrected chi connectivity index (χ1v) is 9.23. The zero-order chi connectivity index (χ0) is 18.2. The van der Waals surface area contributed by atoms with Crippen molar-refractivity contribution in [2.45, 2.75) is 24.0 Å². The molecule has 0 saturated carbocycles. The number of hydrogen-bond donors (Lipinski definition) is 1. The minimum absolute atomic E-state index is 0.115. The van der Waals surface area contributed by atoms with Gasteiger partial charge in [-0.25, -0.2) is 0 Å². The standard InChI is InChI=1S/C19H19N3O3S/c1-2-24-15-10-8-14(9-11-15)12-17(23)20-19-22-21-18(25-19)13-26-16-6-4-3-5-7-16/h3-11H,2,12-13H2,1H3,(H,20,22,23). The monoisotopic (exact) mass is 369 g/mol. The van der Waals surface area contributed by atoms with E-state index < -0.39 is 0 Å². The van der Waals surface area contributed by atoms with Crippen molar-refractivity contribution in [1.29, 1.82) is 0 Å². The SMILES string of the molecule is CCOc1ccc(CC(=O)Nc2nnc(CSc3ccccc3)o2)cc1. The summed E-state index contributed by atoms with van der Waals surface area (Å²) in [6.45, 7) is 2.54. The number of carbonyl (C=O) groups is 1. The Kier molecular flexibility index (Phi) is 6.27. The number of hydrogen-bond acceptors (Lipinski definition) is 6. The van der Waals surface area contributed by atoms with Gasteiger partial charge in [0, 0.05) is 4.90 Å². The van der Waals surface area contributed by atoms with E-state index in [2.05, 4.69) is 15.5 Å². The summed E-state index contributed by atoms with van der Waals surface area (Å²) in [7, 11) is 0. The molecule has 134 valence electrons. The summed E-state index contributed by atoms with van der Waals surface area (Å²) in [5.41, 5.74) is 0.880. The van der Waals surface area contributed by atoms with E-state index in [1.54, 1.807) is 11.8 Å². The molecule has 0 atom stereocenters. The predicted molar refractivity (Wildman–Crippen MR) is 100 cm³/mol. The number of benzene rings is 2. The lowest BCUT2D eigenvalue weighted by molar-refractivity contribution is -0.115. The van der Waals surface area contributed by atoms with Crippen molar-refractivity contribution in [1.82, 2.24) is 10.2 Å². The maximum absolute atomic E-state index is 12.1. The third-order valence-electron chi connectivity index (χ3n) is 3.42. The molecule has 1 N–H and O–H groups in total. The molecule has 0 unspecified atom stereocenters. The highest BCUT2D eigenvalue weighted by Gasteiger charge is 2.11. The van der Waals surface area contributed by atoms with E-state index in [0.717, 1.165) is 16.2 Å². The Hall–Kier alpha value is -2.80. The van der Waals surface area contributed by atoms with Crippen LogP contribution >= 0.6 is 11.8 Å². The van der Waals surface area contributed by atoms with Gasteiger partial charge >= 0.3 is 6.01 Å². The lowest BCUT2D eigenvalue weighted by Gasteiger charge is -2.04. The Morgan fingerprint density at radius 2 is 1.88 bits per heavy atom. The van der Waals surface area contributed by atoms with Crippen LogP contribution in [0.1, 0.15) is 18.4 Å². The largest absolute Gasteiger partial charge is 0.494 e. The lowest BCUT2D eigenvalue weighted by Crippen LogP contribution is -2.14. The smallest absolute Gasteiger partial charge is 0.322 e. The number of rotatable bonds is 8. The van der Waals surface area contributed by atoms with Gasteiger partial charge in [0.1, 0.15) is 5.75 Å². The van der Waals surface area contributed by atoms with E-state index in [4.69, 9.17) is 9.15 Å². The van der Waals surface area contributed by atoms with E-state index >= 15 is 0 Å². The molecule has 1 aromatic heterocycles. The first kappa shape index (κ1) is 18.0. The molecule has 1 heterocycles. The molecule has 0 aliphatic heterocycles. The molecule has 1 amide bonds. The number of aromatic nitrogens is 2. The van der Waals surface area contributed by atoms with Gasteiger partial charge in [-0.3, -0.25) is 10.1 Å². The summed E-state index contributed by atoms with van der Waals surface area (Å²) in [6.07, 6.45) is 0.225. The summed E-state index contributed by atoms with van der Waals surface area (Å²) < 4.78 is 10.9. The molecule has 0 aliphatic rings. The maximum atomic E-state index is 12.1. The molecule has 7 heteroatoms. The molecule has 2 aromatic carbocycles. The number of anilines is 1. The fourth-order valence-electron chi connectivity index (χ4n) is 2.24. The first-order valence-electron chi connectivity index (χ1n) is 8.25. The van der Waals surface area contributed by atoms with E-state index in [1.807, 2.05) is 61.5 Å². The molecule has 6 nitrogen and oxygen atoms in total. The van der Waals surface area contributed by atoms with Crippen LogP contribution in [-0.2, 0) is 17.0 Å². The minimum atomic E-state index is -0.208. The van der Waals surface area contributed by atoms with Crippen LogP contribution in [0.4, 0.5) is 6.01 Å². The van der Waals surface area contributed by atoms with Crippen molar-refractivity contribution in [2.24, 2.45) is 0 Å². The van der Waals surface area contributed by atoms with E-state index in [-0.39, 0.29) is 18.3 Å². The summed E-state index contributed by atoms with van der Waals surface area (Å²) in [5.74, 6) is 1.59. The molecule has 26 heavy (non-hydrogen) atoms. The molecule has 0 fully saturated rings. The Balaban J connectivity index is 1.49. The second-order valence-electron chi connectivity index (χ2n) is 5.40. The molecule has 3 rings (SSSR count). The van der Waals surface area contributed by atoms with Gasteiger partial charge in [-0.15, -0.1) is 16.9 Å². The zero-order valence-corrected chi connectivity index (χ0v) is 15.2. The van der Waals surface area contributed by atoms with Crippen molar-refractivity contribution in [3.8, 4) is 5.75 Å². The van der Waals surface area contributed by atoms with Gasteiger partial charge in [-0.1, -0.05) is 35.4 Å². The Labute approximate surface area is 156 Å². The van der Waals surface area contributed by atoms with Gasteiger partial charge in [0.25, 0.3) is 0 Å². The first-order chi connectivity index (χ1) is 12.7. The second kappa shape index (κ2) is 9.05. The molecule has 0 spiro atoms. The third kappa shape index (κ3) is 5.35. The summed E-state index contributed by atoms with van der Waals surface area (Å²) in [6, 6.07) is 17.5. The van der Waals surface area contributed by atoms with Crippen LogP contribution in [0.2, 0.25) is 0 Å². The minimum Gasteiger partial charge on any atom is -0.494 e. The Bertz CT molecular complexity index is 835. The molecule has 0 saturated heterocycles. The topological polar surface area (TPSA) is 77.2 Å². The van der Waals surface area contributed by atoms with Gasteiger partial charge in [0.05, 0.1) is 18.8 Å². The van der Waals surface area contributed by atoms with Crippen LogP contribution < -0.4 is 10.1 Å². The average molecular weight is 369 g/mol. The fraction of sp³-hybridized carbons (Fsp3) is 0.211. The number of ether oxygens (including phenoxy) is 1. The zero-order valence-electron chi connectivity index (χ0n) is 14.3. The summed E-state index contributed by atoms with van der Waals surface area (Å²) in [5, 5.41) is 10.5. The number of carbonyl (C=O) groups excluding carboxylic acids is 1. The number of amides is 1. The van der Waals surface area contributed by atoms with Crippen LogP contribution in [-0.4, -0.2) is 22.7 Å². The molecule has 0 radical (unpaired) electrons. The third-order valence-corrected chi connectivity index (χ3v) is 4.41. The van der Waals surface area contributed by atoms with Crippen LogP contribution in [0.15, 0.2) is 63.9 Å². The highest BCUT2D eigenvalue weighted by molar-refractivity contribution is 7.98. The van der Waals surface area contributed by atoms with Gasteiger partial charge in [0.15, 0.2) is 0 Å². The predicted octanol–water partition coefficient (Wildman–Crippen LogP) is 3.94. The fourth-order valence-corrected chi connectivity index (χ4v) is 3.00. The van der Waals surface area contributed by atoms with Crippen LogP contribution in [0, 0.1) is 0 Å². The highest BCUT2D eigenvalue weighted by atomic mass is 32.2. The number of nitrogens with one attached hydrogen (secondary N) is 1. The molecule has 0 aliphatic carbocycles. The Morgan fingerprint density at radius 1 is 1.12 bits per heavy atom. The molecule has 3 aromatic rings. The molecular formula is C19H19N3O3S. The second-order valence-corrected chi connectivity index (χ2v) is 6.45. The van der Waals surface area contributed by atoms with Crippen LogP contribution in [0.5, 0.6) is 5.75 Å². The highest BCUT2D eigenvalue weighted by Crippen LogP contribution is 2.22. The van der Waals surface area contributed by atoms with Crippen LogP contribution in [0.25, 0.3) is 0 Å². The molecule has 0 bridgehead atoms. The van der Waals surface area contributed by atoms with Crippen molar-refractivity contribution in [3.63, 3.8) is 0 Å². The Morgan fingerprint density at radius 3 is 2.62 bits per heavy atom. The van der Waals surface area contributed by atoms with Crippen molar-refractivity contribution < 1.29 is 13.9 Å².